The molecule has 0 fully saturated rings. The van der Waals surface area contributed by atoms with E-state index < -0.39 is 0 Å². The Bertz CT molecular complexity index is 84.2. The normalized spacial score (nSPS) is 13.6. The molecule has 3 heteroatoms. The molecule has 0 N–H and O–H groups in total. The van der Waals surface area contributed by atoms with E-state index in [9.17, 15) is 0 Å². The largest absolute Gasteiger partial charge is 0.198 e. The van der Waals surface area contributed by atoms with Gasteiger partial charge in [0, 0.05) is 0 Å². The lowest BCUT2D eigenvalue weighted by atomic mass is 10.2. The van der Waals surface area contributed by atoms with Crippen molar-refractivity contribution in [3.05, 3.63) is 0 Å². The molecule has 0 aliphatic carbocycles. The van der Waals surface area contributed by atoms with Gasteiger partial charge in [0.1, 0.15) is 0 Å². The van der Waals surface area contributed by atoms with Crippen LogP contribution in [0.2, 0.25) is 0 Å². The predicted octanol–water partition coefficient (Wildman–Crippen LogP) is 1.33. The van der Waals surface area contributed by atoms with E-state index in [1.54, 1.807) is 6.92 Å². The molecule has 7 heavy (non-hydrogen) atoms. The van der Waals surface area contributed by atoms with Gasteiger partial charge in [-0.1, -0.05) is 0 Å². The van der Waals surface area contributed by atoms with Crippen molar-refractivity contribution < 1.29 is 0 Å². The molecule has 0 heterocycles. The number of hydrogen-bond donors (Lipinski definition) is 2. The van der Waals surface area contributed by atoms with E-state index in [2.05, 4.69) is 25.3 Å². The van der Waals surface area contributed by atoms with Crippen molar-refractivity contribution in [3.63, 3.8) is 0 Å². The highest BCUT2D eigenvalue weighted by Gasteiger charge is 2.04. The average molecular weight is 133 g/mol. The molecule has 0 spiro atoms. The zero-order valence-corrected chi connectivity index (χ0v) is 5.79. The monoisotopic (exact) mass is 133 g/mol. The standard InChI is InChI=1S/C4H7NS2/c1-3(2-5)4(6)7/h3-4,6-7H,1H3. The van der Waals surface area contributed by atoms with Crippen molar-refractivity contribution in [2.24, 2.45) is 5.92 Å². The molecule has 1 unspecified atom stereocenters. The molecular weight excluding hydrogens is 126 g/mol. The van der Waals surface area contributed by atoms with E-state index >= 15 is 0 Å². The molecule has 0 radical (unpaired) electrons. The van der Waals surface area contributed by atoms with Crippen LogP contribution in [0.4, 0.5) is 0 Å². The van der Waals surface area contributed by atoms with Crippen LogP contribution in [0.15, 0.2) is 0 Å². The molecule has 0 aliphatic heterocycles. The highest BCUT2D eigenvalue weighted by molar-refractivity contribution is 7.99. The minimum atomic E-state index is -0.106. The first-order valence-electron chi connectivity index (χ1n) is 1.94. The second-order valence-electron chi connectivity index (χ2n) is 1.33. The van der Waals surface area contributed by atoms with Crippen LogP contribution in [0.3, 0.4) is 0 Å². The molecule has 0 amide bonds. The van der Waals surface area contributed by atoms with Crippen LogP contribution in [0.25, 0.3) is 0 Å². The quantitative estimate of drug-likeness (QED) is 0.409. The molecule has 40 valence electrons. The highest BCUT2D eigenvalue weighted by atomic mass is 32.2. The molecule has 0 aromatic heterocycles. The lowest BCUT2D eigenvalue weighted by Crippen LogP contribution is -1.99. The summed E-state index contributed by atoms with van der Waals surface area (Å²) < 4.78 is -0.106. The summed E-state index contributed by atoms with van der Waals surface area (Å²) in [4.78, 5) is 0. The van der Waals surface area contributed by atoms with Crippen molar-refractivity contribution in [3.8, 4) is 6.07 Å². The molecule has 0 aliphatic rings. The third kappa shape index (κ3) is 2.84. The maximum absolute atomic E-state index is 8.16. The van der Waals surface area contributed by atoms with Crippen molar-refractivity contribution in [1.29, 1.82) is 5.26 Å². The Labute approximate surface area is 54.5 Å². The maximum atomic E-state index is 8.16. The van der Waals surface area contributed by atoms with Crippen LogP contribution in [-0.2, 0) is 0 Å². The number of thiol groups is 2. The van der Waals surface area contributed by atoms with Gasteiger partial charge in [0.2, 0.25) is 0 Å². The SMILES string of the molecule is CC(C#N)C(S)S. The van der Waals surface area contributed by atoms with Crippen molar-refractivity contribution >= 4 is 25.3 Å². The average Bonchev–Trinajstić information content (AvgIpc) is 1.65. The highest BCUT2D eigenvalue weighted by Crippen LogP contribution is 2.10. The van der Waals surface area contributed by atoms with E-state index in [1.807, 2.05) is 6.07 Å². The van der Waals surface area contributed by atoms with Crippen LogP contribution in [-0.4, -0.2) is 4.58 Å². The van der Waals surface area contributed by atoms with Gasteiger partial charge in [0.05, 0.1) is 16.6 Å². The molecule has 0 saturated heterocycles. The molecule has 0 bridgehead atoms. The lowest BCUT2D eigenvalue weighted by molar-refractivity contribution is 0.836. The van der Waals surface area contributed by atoms with Crippen molar-refractivity contribution in [2.75, 3.05) is 0 Å². The van der Waals surface area contributed by atoms with Gasteiger partial charge in [-0.15, -0.1) is 0 Å². The van der Waals surface area contributed by atoms with Gasteiger partial charge >= 0.3 is 0 Å². The van der Waals surface area contributed by atoms with E-state index in [-0.39, 0.29) is 10.5 Å². The van der Waals surface area contributed by atoms with Gasteiger partial charge in [-0.2, -0.15) is 30.5 Å². The topological polar surface area (TPSA) is 23.8 Å². The van der Waals surface area contributed by atoms with Crippen LogP contribution in [0.5, 0.6) is 0 Å². The van der Waals surface area contributed by atoms with E-state index in [0.29, 0.717) is 0 Å². The summed E-state index contributed by atoms with van der Waals surface area (Å²) >= 11 is 7.83. The first-order chi connectivity index (χ1) is 3.18. The summed E-state index contributed by atoms with van der Waals surface area (Å²) in [7, 11) is 0. The van der Waals surface area contributed by atoms with Gasteiger partial charge in [0.25, 0.3) is 0 Å². The third-order valence-electron chi connectivity index (χ3n) is 0.651. The molecule has 0 saturated carbocycles. The molecule has 1 atom stereocenters. The lowest BCUT2D eigenvalue weighted by Gasteiger charge is -2.00. The Kier molecular flexibility index (Phi) is 3.31. The predicted molar refractivity (Wildman–Crippen MR) is 36.5 cm³/mol. The summed E-state index contributed by atoms with van der Waals surface area (Å²) in [6.07, 6.45) is 0. The Hall–Kier alpha value is 0.190. The molecule has 0 rings (SSSR count). The number of hydrogen-bond acceptors (Lipinski definition) is 3. The fourth-order valence-corrected chi connectivity index (χ4v) is 0.200. The summed E-state index contributed by atoms with van der Waals surface area (Å²) in [6, 6.07) is 2.01. The summed E-state index contributed by atoms with van der Waals surface area (Å²) in [5.41, 5.74) is 0. The molecular formula is C4H7NS2. The summed E-state index contributed by atoms with van der Waals surface area (Å²) in [6.45, 7) is 1.78. The van der Waals surface area contributed by atoms with Crippen LogP contribution in [0, 0.1) is 17.2 Å². The summed E-state index contributed by atoms with van der Waals surface area (Å²) in [5.74, 6) is -0.0633. The Balaban J connectivity index is 3.40. The molecule has 0 aromatic rings. The fraction of sp³-hybridized carbons (Fsp3) is 0.750. The van der Waals surface area contributed by atoms with Gasteiger partial charge in [0.15, 0.2) is 0 Å². The van der Waals surface area contributed by atoms with E-state index in [0.717, 1.165) is 0 Å². The Morgan fingerprint density at radius 2 is 2.00 bits per heavy atom. The maximum Gasteiger partial charge on any atom is 0.0673 e. The second-order valence-corrected chi connectivity index (χ2v) is 2.85. The molecule has 1 nitrogen and oxygen atoms in total. The van der Waals surface area contributed by atoms with Gasteiger partial charge in [-0.3, -0.25) is 0 Å². The summed E-state index contributed by atoms with van der Waals surface area (Å²) in [5, 5.41) is 8.16. The minimum absolute atomic E-state index is 0.0633. The first-order valence-corrected chi connectivity index (χ1v) is 2.97. The van der Waals surface area contributed by atoms with Gasteiger partial charge in [-0.05, 0) is 6.92 Å². The third-order valence-corrected chi connectivity index (χ3v) is 1.55. The number of rotatable bonds is 1. The van der Waals surface area contributed by atoms with Gasteiger partial charge in [-0.25, -0.2) is 0 Å². The minimum Gasteiger partial charge on any atom is -0.198 e. The van der Waals surface area contributed by atoms with Crippen LogP contribution >= 0.6 is 25.3 Å². The van der Waals surface area contributed by atoms with E-state index in [1.165, 1.54) is 0 Å². The van der Waals surface area contributed by atoms with Crippen LogP contribution in [0.1, 0.15) is 6.92 Å². The Morgan fingerprint density at radius 1 is 1.57 bits per heavy atom. The zero-order chi connectivity index (χ0) is 5.86. The fourth-order valence-electron chi connectivity index (χ4n) is 0.0667. The molecule has 0 aromatic carbocycles. The van der Waals surface area contributed by atoms with Gasteiger partial charge < -0.3 is 0 Å². The number of nitriles is 1. The van der Waals surface area contributed by atoms with E-state index in [4.69, 9.17) is 5.26 Å². The van der Waals surface area contributed by atoms with Crippen molar-refractivity contribution in [2.45, 2.75) is 11.5 Å². The first kappa shape index (κ1) is 7.19. The smallest absolute Gasteiger partial charge is 0.0673 e. The van der Waals surface area contributed by atoms with Crippen LogP contribution < -0.4 is 0 Å². The zero-order valence-electron chi connectivity index (χ0n) is 4.00. The number of nitrogens with zero attached hydrogens (tertiary/aromatic N) is 1. The Morgan fingerprint density at radius 3 is 2.00 bits per heavy atom. The second kappa shape index (κ2) is 3.23. The van der Waals surface area contributed by atoms with Crippen molar-refractivity contribution in [1.82, 2.24) is 0 Å².